The van der Waals surface area contributed by atoms with Crippen LogP contribution in [0.4, 0.5) is 0 Å². The van der Waals surface area contributed by atoms with Crippen LogP contribution in [-0.4, -0.2) is 24.7 Å². The molecule has 6 nitrogen and oxygen atoms in total. The summed E-state index contributed by atoms with van der Waals surface area (Å²) in [7, 11) is 1.76. The molecule has 2 N–H and O–H groups in total. The minimum absolute atomic E-state index is 0. The van der Waals surface area contributed by atoms with Crippen molar-refractivity contribution in [2.75, 3.05) is 13.6 Å². The Hall–Kier alpha value is -2.03. The molecule has 152 valence electrons. The van der Waals surface area contributed by atoms with E-state index >= 15 is 0 Å². The third-order valence-electron chi connectivity index (χ3n) is 4.78. The van der Waals surface area contributed by atoms with E-state index in [1.807, 2.05) is 24.3 Å². The number of aromatic nitrogens is 1. The van der Waals surface area contributed by atoms with Gasteiger partial charge in [0.2, 0.25) is 0 Å². The van der Waals surface area contributed by atoms with Crippen LogP contribution in [0.2, 0.25) is 0 Å². The molecule has 2 heterocycles. The summed E-state index contributed by atoms with van der Waals surface area (Å²) in [6.07, 6.45) is 2.93. The zero-order valence-electron chi connectivity index (χ0n) is 16.7. The number of aliphatic imine (C=N–C) groups is 1. The maximum Gasteiger partial charge on any atom is 0.191 e. The van der Waals surface area contributed by atoms with Crippen LogP contribution in [-0.2, 0) is 13.0 Å². The summed E-state index contributed by atoms with van der Waals surface area (Å²) >= 11 is 0. The lowest BCUT2D eigenvalue weighted by molar-refractivity contribution is 0.368. The van der Waals surface area contributed by atoms with Crippen molar-refractivity contribution >= 4 is 40.9 Å². The maximum absolute atomic E-state index is 5.84. The smallest absolute Gasteiger partial charge is 0.191 e. The molecule has 1 aromatic carbocycles. The number of fused-ring (bicyclic) bond motifs is 1. The molecule has 0 fully saturated rings. The molecule has 0 unspecified atom stereocenters. The van der Waals surface area contributed by atoms with E-state index < -0.39 is 0 Å². The SMILES string of the molecule is CCC(CC)c1cc(CNC(=NC)NCCc2cc3ccccc3o2)on1.I. The Balaban J connectivity index is 0.00000280. The van der Waals surface area contributed by atoms with Gasteiger partial charge in [0, 0.05) is 37.4 Å². The first-order valence-electron chi connectivity index (χ1n) is 9.61. The quantitative estimate of drug-likeness (QED) is 0.265. The average molecular weight is 496 g/mol. The van der Waals surface area contributed by atoms with Gasteiger partial charge in [-0.25, -0.2) is 0 Å². The van der Waals surface area contributed by atoms with Crippen molar-refractivity contribution in [3.63, 3.8) is 0 Å². The van der Waals surface area contributed by atoms with Crippen molar-refractivity contribution < 1.29 is 8.94 Å². The first-order chi connectivity index (χ1) is 13.2. The molecule has 0 radical (unpaired) electrons. The van der Waals surface area contributed by atoms with Crippen molar-refractivity contribution in [1.29, 1.82) is 0 Å². The first-order valence-corrected chi connectivity index (χ1v) is 9.61. The van der Waals surface area contributed by atoms with E-state index in [1.165, 1.54) is 0 Å². The van der Waals surface area contributed by atoms with Crippen LogP contribution in [0, 0.1) is 0 Å². The molecule has 28 heavy (non-hydrogen) atoms. The van der Waals surface area contributed by atoms with Gasteiger partial charge in [-0.05, 0) is 25.0 Å². The Morgan fingerprint density at radius 1 is 1.11 bits per heavy atom. The van der Waals surface area contributed by atoms with E-state index in [9.17, 15) is 0 Å². The second kappa shape index (κ2) is 11.1. The normalized spacial score (nSPS) is 11.6. The highest BCUT2D eigenvalue weighted by atomic mass is 127. The van der Waals surface area contributed by atoms with Crippen molar-refractivity contribution in [3.05, 3.63) is 53.6 Å². The van der Waals surface area contributed by atoms with Crippen molar-refractivity contribution in [2.45, 2.75) is 45.6 Å². The molecule has 3 rings (SSSR count). The Kier molecular flexibility index (Phi) is 8.82. The number of para-hydroxylation sites is 1. The molecule has 2 aromatic heterocycles. The highest BCUT2D eigenvalue weighted by molar-refractivity contribution is 14.0. The second-order valence-electron chi connectivity index (χ2n) is 6.58. The molecule has 7 heteroatoms. The number of guanidine groups is 1. The molecule has 0 saturated heterocycles. The number of benzene rings is 1. The summed E-state index contributed by atoms with van der Waals surface area (Å²) < 4.78 is 11.3. The molecule has 0 aliphatic heterocycles. The van der Waals surface area contributed by atoms with Crippen molar-refractivity contribution in [1.82, 2.24) is 15.8 Å². The standard InChI is InChI=1S/C21H28N4O2.HI/c1-4-15(5-2)19-13-18(27-25-19)14-24-21(22-3)23-11-10-17-12-16-8-6-7-9-20(16)26-17;/h6-9,12-13,15H,4-5,10-11,14H2,1-3H3,(H2,22,23,24);1H. The van der Waals surface area contributed by atoms with Gasteiger partial charge in [-0.1, -0.05) is 37.2 Å². The summed E-state index contributed by atoms with van der Waals surface area (Å²) in [5.74, 6) is 2.97. The van der Waals surface area contributed by atoms with Gasteiger partial charge in [0.05, 0.1) is 12.2 Å². The number of hydrogen-bond acceptors (Lipinski definition) is 4. The summed E-state index contributed by atoms with van der Waals surface area (Å²) in [5, 5.41) is 11.9. The molecule has 0 aliphatic carbocycles. The number of halogens is 1. The zero-order valence-corrected chi connectivity index (χ0v) is 19.0. The van der Waals surface area contributed by atoms with Gasteiger partial charge < -0.3 is 19.6 Å². The molecule has 0 bridgehead atoms. The van der Waals surface area contributed by atoms with Crippen LogP contribution in [0.25, 0.3) is 11.0 Å². The fourth-order valence-electron chi connectivity index (χ4n) is 3.17. The Morgan fingerprint density at radius 2 is 1.89 bits per heavy atom. The third kappa shape index (κ3) is 5.73. The molecule has 0 atom stereocenters. The van der Waals surface area contributed by atoms with Gasteiger partial charge in [-0.2, -0.15) is 0 Å². The second-order valence-corrected chi connectivity index (χ2v) is 6.58. The fourth-order valence-corrected chi connectivity index (χ4v) is 3.17. The Labute approximate surface area is 183 Å². The minimum atomic E-state index is 0. The van der Waals surface area contributed by atoms with E-state index in [0.717, 1.165) is 60.0 Å². The van der Waals surface area contributed by atoms with Crippen LogP contribution in [0.3, 0.4) is 0 Å². The predicted molar refractivity (Wildman–Crippen MR) is 123 cm³/mol. The first kappa shape index (κ1) is 22.3. The van der Waals surface area contributed by atoms with Gasteiger partial charge in [-0.15, -0.1) is 24.0 Å². The molecule has 0 spiro atoms. The van der Waals surface area contributed by atoms with Crippen LogP contribution >= 0.6 is 24.0 Å². The number of hydrogen-bond donors (Lipinski definition) is 2. The van der Waals surface area contributed by atoms with Crippen LogP contribution in [0.5, 0.6) is 0 Å². The lowest BCUT2D eigenvalue weighted by atomic mass is 9.99. The fraction of sp³-hybridized carbons (Fsp3) is 0.429. The number of furan rings is 1. The van der Waals surface area contributed by atoms with Gasteiger partial charge in [0.15, 0.2) is 11.7 Å². The Bertz CT molecular complexity index is 850. The number of nitrogens with one attached hydrogen (secondary N) is 2. The Morgan fingerprint density at radius 3 is 2.61 bits per heavy atom. The lowest BCUT2D eigenvalue weighted by Crippen LogP contribution is -2.37. The molecule has 0 amide bonds. The molecule has 0 saturated carbocycles. The van der Waals surface area contributed by atoms with Gasteiger partial charge in [0.25, 0.3) is 0 Å². The van der Waals surface area contributed by atoms with Crippen molar-refractivity contribution in [2.24, 2.45) is 4.99 Å². The van der Waals surface area contributed by atoms with E-state index in [1.54, 1.807) is 7.05 Å². The van der Waals surface area contributed by atoms with E-state index in [2.05, 4.69) is 46.8 Å². The highest BCUT2D eigenvalue weighted by Crippen LogP contribution is 2.22. The van der Waals surface area contributed by atoms with Crippen molar-refractivity contribution in [3.8, 4) is 0 Å². The molecular weight excluding hydrogens is 467 g/mol. The monoisotopic (exact) mass is 496 g/mol. The van der Waals surface area contributed by atoms with E-state index in [0.29, 0.717) is 12.5 Å². The third-order valence-corrected chi connectivity index (χ3v) is 4.78. The van der Waals surface area contributed by atoms with E-state index in [4.69, 9.17) is 8.94 Å². The summed E-state index contributed by atoms with van der Waals surface area (Å²) in [5.41, 5.74) is 1.96. The van der Waals surface area contributed by atoms with Crippen LogP contribution in [0.1, 0.15) is 49.8 Å². The van der Waals surface area contributed by atoms with Gasteiger partial charge in [-0.3, -0.25) is 4.99 Å². The van der Waals surface area contributed by atoms with Crippen LogP contribution < -0.4 is 10.6 Å². The summed E-state index contributed by atoms with van der Waals surface area (Å²) in [6.45, 7) is 5.63. The average Bonchev–Trinajstić information content (AvgIpc) is 3.32. The summed E-state index contributed by atoms with van der Waals surface area (Å²) in [4.78, 5) is 4.25. The number of nitrogens with zero attached hydrogens (tertiary/aromatic N) is 2. The van der Waals surface area contributed by atoms with E-state index in [-0.39, 0.29) is 24.0 Å². The largest absolute Gasteiger partial charge is 0.461 e. The summed E-state index contributed by atoms with van der Waals surface area (Å²) in [6, 6.07) is 12.2. The van der Waals surface area contributed by atoms with Crippen LogP contribution in [0.15, 0.2) is 50.3 Å². The van der Waals surface area contributed by atoms with Gasteiger partial charge in [0.1, 0.15) is 11.3 Å². The topological polar surface area (TPSA) is 75.6 Å². The minimum Gasteiger partial charge on any atom is -0.461 e. The highest BCUT2D eigenvalue weighted by Gasteiger charge is 2.13. The molecular formula is C21H29IN4O2. The maximum atomic E-state index is 5.84. The number of rotatable bonds is 8. The predicted octanol–water partition coefficient (Wildman–Crippen LogP) is 4.85. The lowest BCUT2D eigenvalue weighted by Gasteiger charge is -2.09. The van der Waals surface area contributed by atoms with Gasteiger partial charge >= 0.3 is 0 Å². The zero-order chi connectivity index (χ0) is 19.1. The molecule has 0 aliphatic rings. The molecule has 3 aromatic rings.